The standard InChI is InChI=1S/C18H30N2O4/c1-2-3-4-5-6-7-15-24-18(23)17(16-19)9-8-10-20(11-13-21)12-14-22/h8-10,21-22H,2-7,11-15H2,1H3/b10-8+,17-9+. The van der Waals surface area contributed by atoms with E-state index in [0.717, 1.165) is 19.3 Å². The third-order valence-electron chi connectivity index (χ3n) is 3.41. The Balaban J connectivity index is 4.21. The van der Waals surface area contributed by atoms with Crippen molar-refractivity contribution in [2.75, 3.05) is 32.9 Å². The molecule has 0 atom stereocenters. The van der Waals surface area contributed by atoms with Gasteiger partial charge >= 0.3 is 5.97 Å². The molecule has 2 N–H and O–H groups in total. The average molecular weight is 338 g/mol. The van der Waals surface area contributed by atoms with Crippen molar-refractivity contribution in [2.45, 2.75) is 45.4 Å². The second-order valence-electron chi connectivity index (χ2n) is 5.42. The molecule has 136 valence electrons. The van der Waals surface area contributed by atoms with Crippen LogP contribution in [-0.4, -0.2) is 54.0 Å². The van der Waals surface area contributed by atoms with Crippen LogP contribution in [0.25, 0.3) is 0 Å². The lowest BCUT2D eigenvalue weighted by Gasteiger charge is -2.16. The van der Waals surface area contributed by atoms with Gasteiger partial charge in [-0.05, 0) is 24.8 Å². The molecular weight excluding hydrogens is 308 g/mol. The van der Waals surface area contributed by atoms with Gasteiger partial charge in [0.15, 0.2) is 0 Å². The van der Waals surface area contributed by atoms with Crippen molar-refractivity contribution in [2.24, 2.45) is 0 Å². The molecule has 0 aliphatic heterocycles. The Labute approximate surface area is 145 Å². The lowest BCUT2D eigenvalue weighted by atomic mass is 10.1. The Bertz CT molecular complexity index is 421. The first-order valence-corrected chi connectivity index (χ1v) is 8.61. The minimum Gasteiger partial charge on any atom is -0.462 e. The van der Waals surface area contributed by atoms with E-state index in [1.165, 1.54) is 31.4 Å². The summed E-state index contributed by atoms with van der Waals surface area (Å²) in [4.78, 5) is 13.5. The third kappa shape index (κ3) is 11.7. The number of ether oxygens (including phenoxy) is 1. The molecule has 0 spiro atoms. The fraction of sp³-hybridized carbons (Fsp3) is 0.667. The van der Waals surface area contributed by atoms with Crippen LogP contribution < -0.4 is 0 Å². The molecule has 0 amide bonds. The summed E-state index contributed by atoms with van der Waals surface area (Å²) in [6.07, 6.45) is 11.1. The molecule has 0 heterocycles. The Kier molecular flexibility index (Phi) is 14.8. The number of aliphatic hydroxyl groups is 2. The molecule has 0 rings (SSSR count). The SMILES string of the molecule is CCCCCCCCOC(=O)/C(C#N)=C/C=C/N(CCO)CCO. The number of hydrogen-bond donors (Lipinski definition) is 2. The van der Waals surface area contributed by atoms with Gasteiger partial charge in [-0.25, -0.2) is 4.79 Å². The van der Waals surface area contributed by atoms with Crippen molar-refractivity contribution in [3.8, 4) is 6.07 Å². The van der Waals surface area contributed by atoms with Gasteiger partial charge in [0, 0.05) is 13.1 Å². The first kappa shape index (κ1) is 22.2. The number of hydrogen-bond acceptors (Lipinski definition) is 6. The number of nitrogens with zero attached hydrogens (tertiary/aromatic N) is 2. The first-order chi connectivity index (χ1) is 11.7. The van der Waals surface area contributed by atoms with E-state index in [1.54, 1.807) is 11.1 Å². The van der Waals surface area contributed by atoms with Gasteiger partial charge in [-0.1, -0.05) is 39.0 Å². The molecule has 0 aliphatic carbocycles. The smallest absolute Gasteiger partial charge is 0.348 e. The molecule has 0 aromatic carbocycles. The van der Waals surface area contributed by atoms with Crippen molar-refractivity contribution in [1.29, 1.82) is 5.26 Å². The number of aliphatic hydroxyl groups excluding tert-OH is 2. The predicted octanol–water partition coefficient (Wildman–Crippen LogP) is 2.14. The van der Waals surface area contributed by atoms with Gasteiger partial charge in [0.05, 0.1) is 19.8 Å². The van der Waals surface area contributed by atoms with Gasteiger partial charge in [-0.3, -0.25) is 0 Å². The van der Waals surface area contributed by atoms with Gasteiger partial charge < -0.3 is 19.8 Å². The highest BCUT2D eigenvalue weighted by atomic mass is 16.5. The van der Waals surface area contributed by atoms with Crippen LogP contribution in [0.5, 0.6) is 0 Å². The highest BCUT2D eigenvalue weighted by Gasteiger charge is 2.09. The summed E-state index contributed by atoms with van der Waals surface area (Å²) < 4.78 is 5.10. The Hall–Kier alpha value is -1.84. The zero-order valence-corrected chi connectivity index (χ0v) is 14.6. The minimum atomic E-state index is -0.619. The Morgan fingerprint density at radius 1 is 1.12 bits per heavy atom. The van der Waals surface area contributed by atoms with Crippen molar-refractivity contribution in [3.05, 3.63) is 23.9 Å². The molecule has 0 fully saturated rings. The third-order valence-corrected chi connectivity index (χ3v) is 3.41. The summed E-state index contributed by atoms with van der Waals surface area (Å²) in [5.41, 5.74) is -0.0646. The zero-order chi connectivity index (χ0) is 18.0. The lowest BCUT2D eigenvalue weighted by Crippen LogP contribution is -2.24. The summed E-state index contributed by atoms with van der Waals surface area (Å²) in [7, 11) is 0. The molecule has 24 heavy (non-hydrogen) atoms. The topological polar surface area (TPSA) is 93.8 Å². The van der Waals surface area contributed by atoms with E-state index >= 15 is 0 Å². The second-order valence-corrected chi connectivity index (χ2v) is 5.42. The Morgan fingerprint density at radius 3 is 2.33 bits per heavy atom. The van der Waals surface area contributed by atoms with Crippen LogP contribution in [0.1, 0.15) is 45.4 Å². The van der Waals surface area contributed by atoms with Crippen LogP contribution in [0.2, 0.25) is 0 Å². The molecule has 0 aliphatic rings. The van der Waals surface area contributed by atoms with Crippen molar-refractivity contribution in [3.63, 3.8) is 0 Å². The molecule has 0 radical (unpaired) electrons. The van der Waals surface area contributed by atoms with Gasteiger partial charge in [0.25, 0.3) is 0 Å². The van der Waals surface area contributed by atoms with Gasteiger partial charge in [-0.2, -0.15) is 5.26 Å². The molecular formula is C18H30N2O4. The van der Waals surface area contributed by atoms with E-state index in [9.17, 15) is 4.79 Å². The minimum absolute atomic E-state index is 0.0422. The summed E-state index contributed by atoms with van der Waals surface area (Å²) >= 11 is 0. The Morgan fingerprint density at radius 2 is 1.75 bits per heavy atom. The highest BCUT2D eigenvalue weighted by molar-refractivity contribution is 5.93. The first-order valence-electron chi connectivity index (χ1n) is 8.61. The van der Waals surface area contributed by atoms with E-state index in [4.69, 9.17) is 20.2 Å². The van der Waals surface area contributed by atoms with Crippen LogP contribution >= 0.6 is 0 Å². The summed E-state index contributed by atoms with van der Waals surface area (Å²) in [6.45, 7) is 3.15. The van der Waals surface area contributed by atoms with Gasteiger partial charge in [-0.15, -0.1) is 0 Å². The van der Waals surface area contributed by atoms with Crippen LogP contribution in [0.4, 0.5) is 0 Å². The molecule has 0 aromatic heterocycles. The van der Waals surface area contributed by atoms with E-state index in [1.807, 2.05) is 6.07 Å². The number of rotatable bonds is 14. The van der Waals surface area contributed by atoms with E-state index in [2.05, 4.69) is 6.92 Å². The lowest BCUT2D eigenvalue weighted by molar-refractivity contribution is -0.138. The number of nitriles is 1. The fourth-order valence-electron chi connectivity index (χ4n) is 2.05. The van der Waals surface area contributed by atoms with Crippen molar-refractivity contribution < 1.29 is 19.7 Å². The number of carbonyl (C=O) groups is 1. The van der Waals surface area contributed by atoms with Crippen molar-refractivity contribution >= 4 is 5.97 Å². The number of allylic oxidation sites excluding steroid dienone is 2. The average Bonchev–Trinajstić information content (AvgIpc) is 2.58. The number of esters is 1. The van der Waals surface area contributed by atoms with Crippen LogP contribution in [-0.2, 0) is 9.53 Å². The van der Waals surface area contributed by atoms with Crippen LogP contribution in [0.3, 0.4) is 0 Å². The van der Waals surface area contributed by atoms with E-state index < -0.39 is 5.97 Å². The summed E-state index contributed by atoms with van der Waals surface area (Å²) in [6, 6.07) is 1.83. The van der Waals surface area contributed by atoms with Crippen molar-refractivity contribution in [1.82, 2.24) is 4.90 Å². The summed E-state index contributed by atoms with van der Waals surface area (Å²) in [5, 5.41) is 26.8. The molecule has 0 saturated carbocycles. The maximum absolute atomic E-state index is 11.8. The maximum Gasteiger partial charge on any atom is 0.348 e. The molecule has 6 heteroatoms. The zero-order valence-electron chi connectivity index (χ0n) is 14.6. The van der Waals surface area contributed by atoms with Gasteiger partial charge in [0.2, 0.25) is 0 Å². The quantitative estimate of drug-likeness (QED) is 0.166. The van der Waals surface area contributed by atoms with E-state index in [0.29, 0.717) is 19.7 Å². The maximum atomic E-state index is 11.8. The monoisotopic (exact) mass is 338 g/mol. The molecule has 0 bridgehead atoms. The molecule has 6 nitrogen and oxygen atoms in total. The fourth-order valence-corrected chi connectivity index (χ4v) is 2.05. The van der Waals surface area contributed by atoms with Gasteiger partial charge in [0.1, 0.15) is 11.6 Å². The highest BCUT2D eigenvalue weighted by Crippen LogP contribution is 2.06. The molecule has 0 unspecified atom stereocenters. The number of carbonyl (C=O) groups excluding carboxylic acids is 1. The molecule has 0 aromatic rings. The summed E-state index contributed by atoms with van der Waals surface area (Å²) in [5.74, 6) is -0.619. The second kappa shape index (κ2) is 16.0. The van der Waals surface area contributed by atoms with E-state index in [-0.39, 0.29) is 18.8 Å². The largest absolute Gasteiger partial charge is 0.462 e. The molecule has 0 saturated heterocycles. The normalized spacial score (nSPS) is 11.5. The van der Waals surface area contributed by atoms with Crippen LogP contribution in [0, 0.1) is 11.3 Å². The van der Waals surface area contributed by atoms with Crippen LogP contribution in [0.15, 0.2) is 23.9 Å². The number of unbranched alkanes of at least 4 members (excludes halogenated alkanes) is 5. The predicted molar refractivity (Wildman–Crippen MR) is 92.9 cm³/mol.